The normalized spacial score (nSPS) is 12.2. The van der Waals surface area contributed by atoms with Gasteiger partial charge in [-0.3, -0.25) is 0 Å². The fourth-order valence-electron chi connectivity index (χ4n) is 4.40. The van der Waals surface area contributed by atoms with Gasteiger partial charge in [-0.15, -0.1) is 0 Å². The fourth-order valence-corrected chi connectivity index (χ4v) is 4.40. The molecule has 0 saturated carbocycles. The van der Waals surface area contributed by atoms with Gasteiger partial charge in [-0.2, -0.15) is 0 Å². The lowest BCUT2D eigenvalue weighted by Gasteiger charge is -2.26. The first kappa shape index (κ1) is 60.6. The Kier molecular flexibility index (Phi) is 58.8. The number of methoxy groups -OCH3 is 15. The van der Waals surface area contributed by atoms with Crippen LogP contribution >= 0.6 is 0 Å². The van der Waals surface area contributed by atoms with E-state index in [1.165, 1.54) is 0 Å². The van der Waals surface area contributed by atoms with Gasteiger partial charge in [0, 0.05) is 138 Å². The van der Waals surface area contributed by atoms with E-state index in [1.54, 1.807) is 107 Å². The molecule has 0 aromatic heterocycles. The Bertz CT molecular complexity index is 562. The van der Waals surface area contributed by atoms with Gasteiger partial charge in [0.05, 0.1) is 65.6 Å². The lowest BCUT2D eigenvalue weighted by atomic mass is 9.94. The molecular formula is C37H84O15. The van der Waals surface area contributed by atoms with Gasteiger partial charge in [0.15, 0.2) is 0 Å². The number of hydrogen-bond donors (Lipinski definition) is 0. The third kappa shape index (κ3) is 45.6. The Hall–Kier alpha value is -0.600. The molecule has 0 aromatic rings. The molecule has 0 amide bonds. The third-order valence-corrected chi connectivity index (χ3v) is 7.12. The van der Waals surface area contributed by atoms with Gasteiger partial charge in [0.1, 0.15) is 12.2 Å². The lowest BCUT2D eigenvalue weighted by Crippen LogP contribution is -2.32. The van der Waals surface area contributed by atoms with Gasteiger partial charge < -0.3 is 71.1 Å². The number of ether oxygens (including phenoxy) is 15. The summed E-state index contributed by atoms with van der Waals surface area (Å²) < 4.78 is 74.8. The maximum absolute atomic E-state index is 5.09. The Morgan fingerprint density at radius 2 is 0.712 bits per heavy atom. The molecule has 0 aromatic carbocycles. The van der Waals surface area contributed by atoms with E-state index in [0.717, 1.165) is 32.7 Å². The Morgan fingerprint density at radius 1 is 0.365 bits per heavy atom. The van der Waals surface area contributed by atoms with Crippen LogP contribution in [-0.2, 0) is 71.1 Å². The highest BCUT2D eigenvalue weighted by atomic mass is 16.6. The number of rotatable bonds is 30. The van der Waals surface area contributed by atoms with E-state index in [4.69, 9.17) is 71.1 Å². The van der Waals surface area contributed by atoms with Gasteiger partial charge in [0.25, 0.3) is 0 Å². The third-order valence-electron chi connectivity index (χ3n) is 7.12. The van der Waals surface area contributed by atoms with E-state index < -0.39 is 0 Å². The minimum Gasteiger partial charge on any atom is -0.385 e. The first-order valence-corrected chi connectivity index (χ1v) is 17.4. The smallest absolute Gasteiger partial charge is 0.106 e. The van der Waals surface area contributed by atoms with Crippen LogP contribution in [0.1, 0.15) is 26.7 Å². The molecule has 2 atom stereocenters. The van der Waals surface area contributed by atoms with Crippen molar-refractivity contribution in [2.75, 3.05) is 186 Å². The standard InChI is InChI=1S/C9H20O3.C8H18O3.2C7H16O3.C6H14O3/c1-10-6-4-9(8-12-3)5-7-11-2;1-8(5-9-2,6-10-3)7-11-4;1-8-4-7(5-9-2)6-10-3;1-6(9-3)7(10-4)5-8-2;1-7-4-6(9-3)5-8-2/h9H,4-8H2,1-3H3;5-7H2,1-4H3;7H,4-6H2,1-3H3;6-7H,5H2,1-4H3;6H,4-5H2,1-3H3. The molecule has 0 spiro atoms. The highest BCUT2D eigenvalue weighted by Gasteiger charge is 2.24. The van der Waals surface area contributed by atoms with E-state index in [2.05, 4.69) is 6.92 Å². The maximum Gasteiger partial charge on any atom is 0.106 e. The van der Waals surface area contributed by atoms with Gasteiger partial charge in [-0.05, 0) is 25.7 Å². The molecular weight excluding hydrogens is 684 g/mol. The van der Waals surface area contributed by atoms with Crippen molar-refractivity contribution >= 4 is 0 Å². The Morgan fingerprint density at radius 3 is 0.962 bits per heavy atom. The SMILES string of the molecule is COCC(C)(COC)COC.COCC(COC)COC.COCC(COC)OC.COCC(OC)C(C)OC.COCCC(CCOC)COC. The second-order valence-corrected chi connectivity index (χ2v) is 12.2. The highest BCUT2D eigenvalue weighted by molar-refractivity contribution is 4.72. The summed E-state index contributed by atoms with van der Waals surface area (Å²) in [7, 11) is 25.1. The van der Waals surface area contributed by atoms with Gasteiger partial charge in [-0.1, -0.05) is 6.92 Å². The molecule has 0 radical (unpaired) electrons. The van der Waals surface area contributed by atoms with E-state index in [9.17, 15) is 0 Å². The van der Waals surface area contributed by atoms with Crippen LogP contribution in [0, 0.1) is 17.3 Å². The summed E-state index contributed by atoms with van der Waals surface area (Å²) in [5.41, 5.74) is -0.0156. The van der Waals surface area contributed by atoms with Crippen LogP contribution in [0.25, 0.3) is 0 Å². The molecule has 0 heterocycles. The summed E-state index contributed by atoms with van der Waals surface area (Å²) in [4.78, 5) is 0. The van der Waals surface area contributed by atoms with Crippen LogP contribution in [0.4, 0.5) is 0 Å². The molecule has 0 aliphatic rings. The predicted molar refractivity (Wildman–Crippen MR) is 205 cm³/mol. The molecule has 0 aliphatic carbocycles. The summed E-state index contributed by atoms with van der Waals surface area (Å²) in [6.45, 7) is 12.3. The Labute approximate surface area is 319 Å². The summed E-state index contributed by atoms with van der Waals surface area (Å²) in [5.74, 6) is 0.926. The molecule has 15 nitrogen and oxygen atoms in total. The van der Waals surface area contributed by atoms with E-state index >= 15 is 0 Å². The van der Waals surface area contributed by atoms with Crippen molar-refractivity contribution in [3.05, 3.63) is 0 Å². The molecule has 0 N–H and O–H groups in total. The summed E-state index contributed by atoms with van der Waals surface area (Å²) in [5, 5.41) is 0. The second kappa shape index (κ2) is 50.4. The number of hydrogen-bond acceptors (Lipinski definition) is 15. The molecule has 0 saturated heterocycles. The monoisotopic (exact) mass is 769 g/mol. The average Bonchev–Trinajstić information content (AvgIpc) is 3.13. The quantitative estimate of drug-likeness (QED) is 0.105. The van der Waals surface area contributed by atoms with Crippen molar-refractivity contribution in [2.45, 2.75) is 45.0 Å². The van der Waals surface area contributed by atoms with Gasteiger partial charge in [0.2, 0.25) is 0 Å². The van der Waals surface area contributed by atoms with Crippen molar-refractivity contribution in [2.24, 2.45) is 17.3 Å². The minimum absolute atomic E-state index is 0.0156. The van der Waals surface area contributed by atoms with Crippen molar-refractivity contribution in [1.82, 2.24) is 0 Å². The molecule has 2 unspecified atom stereocenters. The Balaban J connectivity index is -0.000000178. The largest absolute Gasteiger partial charge is 0.385 e. The molecule has 0 aliphatic heterocycles. The van der Waals surface area contributed by atoms with Gasteiger partial charge in [-0.25, -0.2) is 0 Å². The maximum atomic E-state index is 5.09. The second-order valence-electron chi connectivity index (χ2n) is 12.2. The average molecular weight is 769 g/mol. The zero-order valence-electron chi connectivity index (χ0n) is 36.4. The van der Waals surface area contributed by atoms with Gasteiger partial charge >= 0.3 is 0 Å². The van der Waals surface area contributed by atoms with Crippen LogP contribution in [0.2, 0.25) is 0 Å². The molecule has 15 heteroatoms. The topological polar surface area (TPSA) is 138 Å². The molecule has 0 rings (SSSR count). The first-order valence-electron chi connectivity index (χ1n) is 17.4. The van der Waals surface area contributed by atoms with Crippen LogP contribution in [0.3, 0.4) is 0 Å². The fraction of sp³-hybridized carbons (Fsp3) is 1.00. The predicted octanol–water partition coefficient (Wildman–Crippen LogP) is 3.77. The summed E-state index contributed by atoms with van der Waals surface area (Å²) >= 11 is 0. The van der Waals surface area contributed by atoms with Crippen LogP contribution in [0.15, 0.2) is 0 Å². The van der Waals surface area contributed by atoms with Crippen molar-refractivity contribution in [1.29, 1.82) is 0 Å². The zero-order valence-corrected chi connectivity index (χ0v) is 36.4. The van der Waals surface area contributed by atoms with Crippen LogP contribution in [0.5, 0.6) is 0 Å². The van der Waals surface area contributed by atoms with Crippen LogP contribution < -0.4 is 0 Å². The molecule has 52 heavy (non-hydrogen) atoms. The molecule has 322 valence electrons. The highest BCUT2D eigenvalue weighted by Crippen LogP contribution is 2.16. The zero-order chi connectivity index (χ0) is 40.9. The van der Waals surface area contributed by atoms with Crippen molar-refractivity contribution < 1.29 is 71.1 Å². The molecule has 0 bridgehead atoms. The summed E-state index contributed by atoms with van der Waals surface area (Å²) in [6.07, 6.45) is 2.29. The first-order chi connectivity index (χ1) is 25.0. The van der Waals surface area contributed by atoms with Crippen LogP contribution in [-0.4, -0.2) is 204 Å². The van der Waals surface area contributed by atoms with E-state index in [0.29, 0.717) is 71.3 Å². The summed E-state index contributed by atoms with van der Waals surface area (Å²) in [6, 6.07) is 0. The van der Waals surface area contributed by atoms with E-state index in [-0.39, 0.29) is 23.7 Å². The van der Waals surface area contributed by atoms with Crippen molar-refractivity contribution in [3.8, 4) is 0 Å². The lowest BCUT2D eigenvalue weighted by molar-refractivity contribution is -0.0598. The minimum atomic E-state index is -0.0156. The van der Waals surface area contributed by atoms with Crippen molar-refractivity contribution in [3.63, 3.8) is 0 Å². The molecule has 0 fully saturated rings. The van der Waals surface area contributed by atoms with E-state index in [1.807, 2.05) is 6.92 Å².